The lowest BCUT2D eigenvalue weighted by atomic mass is 10.2. The van der Waals surface area contributed by atoms with Crippen molar-refractivity contribution in [1.29, 1.82) is 0 Å². The molecule has 1 aromatic rings. The van der Waals surface area contributed by atoms with E-state index < -0.39 is 0 Å². The first-order chi connectivity index (χ1) is 6.74. The topological polar surface area (TPSA) is 38.0 Å². The maximum absolute atomic E-state index is 5.85. The van der Waals surface area contributed by atoms with E-state index in [2.05, 4.69) is 46.1 Å². The third-order valence-electron chi connectivity index (χ3n) is 1.88. The maximum Gasteiger partial charge on any atom is 0.0574 e. The third kappa shape index (κ3) is 3.57. The van der Waals surface area contributed by atoms with E-state index in [0.717, 1.165) is 24.3 Å². The number of nitrogens with two attached hydrogens (primary N) is 1. The van der Waals surface area contributed by atoms with Crippen molar-refractivity contribution in [1.82, 2.24) is 0 Å². The first-order valence-electron chi connectivity index (χ1n) is 4.64. The Kier molecular flexibility index (Phi) is 4.79. The molecule has 14 heavy (non-hydrogen) atoms. The van der Waals surface area contributed by atoms with Crippen LogP contribution in [-0.4, -0.2) is 6.54 Å². The van der Waals surface area contributed by atoms with E-state index in [1.807, 2.05) is 19.1 Å². The van der Waals surface area contributed by atoms with Crippen LogP contribution in [0.3, 0.4) is 0 Å². The summed E-state index contributed by atoms with van der Waals surface area (Å²) >= 11 is 2.25. The van der Waals surface area contributed by atoms with Crippen LogP contribution in [0.15, 0.2) is 30.4 Å². The van der Waals surface area contributed by atoms with Crippen molar-refractivity contribution in [2.24, 2.45) is 0 Å². The molecule has 0 aliphatic carbocycles. The van der Waals surface area contributed by atoms with Crippen LogP contribution in [0.2, 0.25) is 0 Å². The third-order valence-corrected chi connectivity index (χ3v) is 2.55. The monoisotopic (exact) mass is 302 g/mol. The number of allylic oxidation sites excluding steroid dienone is 1. The van der Waals surface area contributed by atoms with Crippen LogP contribution in [0.5, 0.6) is 0 Å². The van der Waals surface area contributed by atoms with Crippen molar-refractivity contribution in [2.75, 3.05) is 17.6 Å². The van der Waals surface area contributed by atoms with Crippen LogP contribution >= 0.6 is 22.6 Å². The SMILES string of the molecule is C/C=C/CCNc1ccc(I)cc1N. The van der Waals surface area contributed by atoms with Gasteiger partial charge in [0.2, 0.25) is 0 Å². The fraction of sp³-hybridized carbons (Fsp3) is 0.273. The number of halogens is 1. The number of benzene rings is 1. The predicted octanol–water partition coefficient (Wildman–Crippen LogP) is 3.25. The smallest absolute Gasteiger partial charge is 0.0574 e. The summed E-state index contributed by atoms with van der Waals surface area (Å²) in [5, 5.41) is 3.30. The molecule has 3 N–H and O–H groups in total. The molecular weight excluding hydrogens is 287 g/mol. The quantitative estimate of drug-likeness (QED) is 0.388. The highest BCUT2D eigenvalue weighted by atomic mass is 127. The summed E-state index contributed by atoms with van der Waals surface area (Å²) in [6.45, 7) is 2.95. The van der Waals surface area contributed by atoms with Crippen LogP contribution in [0.4, 0.5) is 11.4 Å². The fourth-order valence-corrected chi connectivity index (χ4v) is 1.67. The molecule has 0 radical (unpaired) electrons. The summed E-state index contributed by atoms with van der Waals surface area (Å²) < 4.78 is 1.17. The van der Waals surface area contributed by atoms with Crippen molar-refractivity contribution >= 4 is 34.0 Å². The molecule has 0 heterocycles. The second-order valence-corrected chi connectivity index (χ2v) is 4.26. The molecule has 76 valence electrons. The van der Waals surface area contributed by atoms with Gasteiger partial charge in [0.1, 0.15) is 0 Å². The zero-order chi connectivity index (χ0) is 10.4. The average Bonchev–Trinajstić information content (AvgIpc) is 2.15. The van der Waals surface area contributed by atoms with Crippen LogP contribution in [0, 0.1) is 3.57 Å². The van der Waals surface area contributed by atoms with Crippen molar-refractivity contribution in [3.8, 4) is 0 Å². The molecule has 0 spiro atoms. The van der Waals surface area contributed by atoms with Gasteiger partial charge in [0.25, 0.3) is 0 Å². The van der Waals surface area contributed by atoms with Gasteiger partial charge in [0.05, 0.1) is 11.4 Å². The molecule has 0 amide bonds. The predicted molar refractivity (Wildman–Crippen MR) is 71.5 cm³/mol. The van der Waals surface area contributed by atoms with Gasteiger partial charge in [-0.05, 0) is 54.1 Å². The Morgan fingerprint density at radius 1 is 1.50 bits per heavy atom. The Morgan fingerprint density at radius 3 is 2.93 bits per heavy atom. The molecule has 3 heteroatoms. The summed E-state index contributed by atoms with van der Waals surface area (Å²) in [6.07, 6.45) is 5.22. The molecule has 0 atom stereocenters. The van der Waals surface area contributed by atoms with Crippen LogP contribution in [0.1, 0.15) is 13.3 Å². The van der Waals surface area contributed by atoms with E-state index in [9.17, 15) is 0 Å². The minimum atomic E-state index is 0.817. The number of hydrogen-bond acceptors (Lipinski definition) is 2. The summed E-state index contributed by atoms with van der Waals surface area (Å²) in [7, 11) is 0. The Labute approximate surface area is 98.7 Å². The summed E-state index contributed by atoms with van der Waals surface area (Å²) in [5.41, 5.74) is 7.69. The Morgan fingerprint density at radius 2 is 2.29 bits per heavy atom. The second-order valence-electron chi connectivity index (χ2n) is 3.02. The van der Waals surface area contributed by atoms with E-state index in [1.165, 1.54) is 3.57 Å². The standard InChI is InChI=1S/C11H15IN2/c1-2-3-4-7-14-11-6-5-9(12)8-10(11)13/h2-3,5-6,8,14H,4,7,13H2,1H3/b3-2+. The van der Waals surface area contributed by atoms with Gasteiger partial charge in [-0.2, -0.15) is 0 Å². The molecule has 1 rings (SSSR count). The molecule has 0 saturated carbocycles. The van der Waals surface area contributed by atoms with Gasteiger partial charge >= 0.3 is 0 Å². The van der Waals surface area contributed by atoms with Crippen molar-refractivity contribution < 1.29 is 0 Å². The largest absolute Gasteiger partial charge is 0.397 e. The lowest BCUT2D eigenvalue weighted by Crippen LogP contribution is -2.03. The molecule has 0 bridgehead atoms. The normalized spacial score (nSPS) is 10.7. The Balaban J connectivity index is 2.50. The van der Waals surface area contributed by atoms with E-state index in [-0.39, 0.29) is 0 Å². The molecule has 0 unspecified atom stereocenters. The van der Waals surface area contributed by atoms with E-state index in [0.29, 0.717) is 0 Å². The molecule has 2 nitrogen and oxygen atoms in total. The molecule has 1 aromatic carbocycles. The van der Waals surface area contributed by atoms with Gasteiger partial charge in [-0.3, -0.25) is 0 Å². The zero-order valence-electron chi connectivity index (χ0n) is 8.26. The number of rotatable bonds is 4. The van der Waals surface area contributed by atoms with Gasteiger partial charge in [0, 0.05) is 10.1 Å². The Hall–Kier alpha value is -0.710. The summed E-state index contributed by atoms with van der Waals surface area (Å²) in [6, 6.07) is 6.04. The minimum Gasteiger partial charge on any atom is -0.397 e. The maximum atomic E-state index is 5.85. The van der Waals surface area contributed by atoms with Gasteiger partial charge in [-0.15, -0.1) is 0 Å². The molecule has 0 aromatic heterocycles. The highest BCUT2D eigenvalue weighted by Crippen LogP contribution is 2.20. The first-order valence-corrected chi connectivity index (χ1v) is 5.72. The second kappa shape index (κ2) is 5.90. The van der Waals surface area contributed by atoms with E-state index >= 15 is 0 Å². The number of nitrogens with one attached hydrogen (secondary N) is 1. The molecule has 0 aliphatic rings. The molecule has 0 fully saturated rings. The van der Waals surface area contributed by atoms with Crippen molar-refractivity contribution in [3.63, 3.8) is 0 Å². The molecule has 0 saturated heterocycles. The van der Waals surface area contributed by atoms with E-state index in [4.69, 9.17) is 5.73 Å². The minimum absolute atomic E-state index is 0.817. The lowest BCUT2D eigenvalue weighted by molar-refractivity contribution is 1.06. The number of anilines is 2. The lowest BCUT2D eigenvalue weighted by Gasteiger charge is -2.08. The summed E-state index contributed by atoms with van der Waals surface area (Å²) in [4.78, 5) is 0. The Bertz CT molecular complexity index is 321. The van der Waals surface area contributed by atoms with Gasteiger partial charge < -0.3 is 11.1 Å². The molecule has 0 aliphatic heterocycles. The highest BCUT2D eigenvalue weighted by Gasteiger charge is 1.97. The van der Waals surface area contributed by atoms with Crippen molar-refractivity contribution in [3.05, 3.63) is 33.9 Å². The zero-order valence-corrected chi connectivity index (χ0v) is 10.4. The fourth-order valence-electron chi connectivity index (χ4n) is 1.15. The average molecular weight is 302 g/mol. The first kappa shape index (κ1) is 11.4. The van der Waals surface area contributed by atoms with Crippen LogP contribution in [0.25, 0.3) is 0 Å². The highest BCUT2D eigenvalue weighted by molar-refractivity contribution is 14.1. The van der Waals surface area contributed by atoms with Gasteiger partial charge in [0.15, 0.2) is 0 Å². The molecular formula is C11H15IN2. The van der Waals surface area contributed by atoms with Crippen LogP contribution in [-0.2, 0) is 0 Å². The summed E-state index contributed by atoms with van der Waals surface area (Å²) in [5.74, 6) is 0. The van der Waals surface area contributed by atoms with Gasteiger partial charge in [-0.1, -0.05) is 12.2 Å². The number of nitrogen functional groups attached to an aromatic ring is 1. The van der Waals surface area contributed by atoms with Crippen LogP contribution < -0.4 is 11.1 Å². The number of hydrogen-bond donors (Lipinski definition) is 2. The van der Waals surface area contributed by atoms with Crippen molar-refractivity contribution in [2.45, 2.75) is 13.3 Å². The van der Waals surface area contributed by atoms with Gasteiger partial charge in [-0.25, -0.2) is 0 Å². The van der Waals surface area contributed by atoms with E-state index in [1.54, 1.807) is 0 Å².